The fraction of sp³-hybridized carbons (Fsp3) is 0.118. The van der Waals surface area contributed by atoms with Crippen molar-refractivity contribution in [3.63, 3.8) is 0 Å². The van der Waals surface area contributed by atoms with Gasteiger partial charge in [-0.1, -0.05) is 66.7 Å². The first-order valence-corrected chi connectivity index (χ1v) is 13.4. The lowest BCUT2D eigenvalue weighted by atomic mass is 10.0. The number of esters is 1. The van der Waals surface area contributed by atoms with E-state index in [1.807, 2.05) is 66.7 Å². The molecule has 42 heavy (non-hydrogen) atoms. The SMILES string of the molecule is CCOC(=O)c1ccc(COc2c(/C=N\NC(=O)c3cc(-c4ccccc4)nc4ccccc34)cccc2OC)cc1. The van der Waals surface area contributed by atoms with Crippen molar-refractivity contribution in [1.82, 2.24) is 10.4 Å². The summed E-state index contributed by atoms with van der Waals surface area (Å²) in [6, 6.07) is 31.4. The highest BCUT2D eigenvalue weighted by Gasteiger charge is 2.15. The van der Waals surface area contributed by atoms with E-state index in [4.69, 9.17) is 19.2 Å². The quantitative estimate of drug-likeness (QED) is 0.120. The van der Waals surface area contributed by atoms with Crippen LogP contribution < -0.4 is 14.9 Å². The summed E-state index contributed by atoms with van der Waals surface area (Å²) in [5.41, 5.74) is 7.37. The molecular formula is C34H29N3O5. The maximum atomic E-state index is 13.3. The number of nitrogens with one attached hydrogen (secondary N) is 1. The number of carbonyl (C=O) groups is 2. The summed E-state index contributed by atoms with van der Waals surface area (Å²) >= 11 is 0. The van der Waals surface area contributed by atoms with Gasteiger partial charge in [-0.05, 0) is 48.9 Å². The molecule has 0 spiro atoms. The average Bonchev–Trinajstić information content (AvgIpc) is 3.04. The summed E-state index contributed by atoms with van der Waals surface area (Å²) in [6.07, 6.45) is 1.51. The van der Waals surface area contributed by atoms with Crippen molar-refractivity contribution in [3.05, 3.63) is 125 Å². The van der Waals surface area contributed by atoms with Gasteiger partial charge in [-0.25, -0.2) is 15.2 Å². The van der Waals surface area contributed by atoms with Crippen LogP contribution in [0, 0.1) is 0 Å². The number of amides is 1. The summed E-state index contributed by atoms with van der Waals surface area (Å²) in [7, 11) is 1.55. The molecule has 1 heterocycles. The van der Waals surface area contributed by atoms with E-state index in [9.17, 15) is 9.59 Å². The standard InChI is InChI=1S/C34H29N3O5/c1-3-41-34(39)25-18-16-23(17-19-25)22-42-32-26(12-9-15-31(32)40-2)21-35-37-33(38)28-20-30(24-10-5-4-6-11-24)36-29-14-8-7-13-27(28)29/h4-21H,3,22H2,1-2H3,(H,37,38)/b35-21-. The summed E-state index contributed by atoms with van der Waals surface area (Å²) in [6.45, 7) is 2.31. The Balaban J connectivity index is 1.34. The number of nitrogens with zero attached hydrogens (tertiary/aromatic N) is 2. The van der Waals surface area contributed by atoms with Crippen LogP contribution in [-0.2, 0) is 11.3 Å². The molecule has 0 atom stereocenters. The van der Waals surface area contributed by atoms with Gasteiger partial charge in [0.25, 0.3) is 5.91 Å². The van der Waals surface area contributed by atoms with E-state index in [0.717, 1.165) is 16.5 Å². The number of pyridine rings is 1. The molecule has 1 aromatic heterocycles. The largest absolute Gasteiger partial charge is 0.493 e. The van der Waals surface area contributed by atoms with Crippen LogP contribution in [0.5, 0.6) is 11.5 Å². The molecule has 0 aliphatic carbocycles. The number of hydrazone groups is 1. The number of hydrogen-bond acceptors (Lipinski definition) is 7. The van der Waals surface area contributed by atoms with Gasteiger partial charge < -0.3 is 14.2 Å². The van der Waals surface area contributed by atoms with Gasteiger partial charge in [0.1, 0.15) is 6.61 Å². The second-order valence-electron chi connectivity index (χ2n) is 9.22. The van der Waals surface area contributed by atoms with Crippen molar-refractivity contribution in [2.45, 2.75) is 13.5 Å². The lowest BCUT2D eigenvalue weighted by Crippen LogP contribution is -2.18. The van der Waals surface area contributed by atoms with Crippen molar-refractivity contribution in [2.24, 2.45) is 5.10 Å². The van der Waals surface area contributed by atoms with Gasteiger partial charge in [0.2, 0.25) is 0 Å². The maximum absolute atomic E-state index is 13.3. The van der Waals surface area contributed by atoms with Crippen molar-refractivity contribution in [3.8, 4) is 22.8 Å². The van der Waals surface area contributed by atoms with Gasteiger partial charge in [-0.2, -0.15) is 5.10 Å². The maximum Gasteiger partial charge on any atom is 0.338 e. The summed E-state index contributed by atoms with van der Waals surface area (Å²) in [4.78, 5) is 30.0. The Bertz CT molecular complexity index is 1730. The van der Waals surface area contributed by atoms with E-state index in [0.29, 0.717) is 46.0 Å². The Labute approximate surface area is 243 Å². The minimum atomic E-state index is -0.369. The Morgan fingerprint density at radius 2 is 1.67 bits per heavy atom. The number of aromatic nitrogens is 1. The van der Waals surface area contributed by atoms with Gasteiger partial charge in [-0.3, -0.25) is 4.79 Å². The van der Waals surface area contributed by atoms with Gasteiger partial charge in [0.15, 0.2) is 11.5 Å². The van der Waals surface area contributed by atoms with Crippen LogP contribution in [0.3, 0.4) is 0 Å². The van der Waals surface area contributed by atoms with E-state index in [-0.39, 0.29) is 18.5 Å². The number of hydrogen-bond donors (Lipinski definition) is 1. The third-order valence-electron chi connectivity index (χ3n) is 6.48. The normalized spacial score (nSPS) is 10.9. The van der Waals surface area contributed by atoms with Crippen LogP contribution in [0.4, 0.5) is 0 Å². The molecule has 0 aliphatic rings. The topological polar surface area (TPSA) is 99.1 Å². The summed E-state index contributed by atoms with van der Waals surface area (Å²) in [5, 5.41) is 4.96. The molecule has 8 nitrogen and oxygen atoms in total. The van der Waals surface area contributed by atoms with Crippen molar-refractivity contribution in [1.29, 1.82) is 0 Å². The smallest absolute Gasteiger partial charge is 0.338 e. The monoisotopic (exact) mass is 559 g/mol. The molecule has 0 aliphatic heterocycles. The predicted octanol–water partition coefficient (Wildman–Crippen LogP) is 6.43. The number of benzene rings is 4. The lowest BCUT2D eigenvalue weighted by Gasteiger charge is -2.13. The van der Waals surface area contributed by atoms with Gasteiger partial charge in [0, 0.05) is 16.5 Å². The Hall–Kier alpha value is -5.50. The molecule has 0 fully saturated rings. The fourth-order valence-corrected chi connectivity index (χ4v) is 4.40. The van der Waals surface area contributed by atoms with Crippen LogP contribution in [0.25, 0.3) is 22.2 Å². The molecule has 0 radical (unpaired) electrons. The van der Waals surface area contributed by atoms with Crippen LogP contribution >= 0.6 is 0 Å². The van der Waals surface area contributed by atoms with Gasteiger partial charge >= 0.3 is 5.97 Å². The molecule has 4 aromatic carbocycles. The number of para-hydroxylation sites is 2. The third-order valence-corrected chi connectivity index (χ3v) is 6.48. The number of fused-ring (bicyclic) bond motifs is 1. The molecule has 0 saturated heterocycles. The second-order valence-corrected chi connectivity index (χ2v) is 9.22. The number of ether oxygens (including phenoxy) is 3. The van der Waals surface area contributed by atoms with Crippen molar-refractivity contribution < 1.29 is 23.8 Å². The zero-order valence-electron chi connectivity index (χ0n) is 23.2. The molecule has 1 amide bonds. The molecule has 1 N–H and O–H groups in total. The first-order chi connectivity index (χ1) is 20.6. The minimum Gasteiger partial charge on any atom is -0.493 e. The van der Waals surface area contributed by atoms with Crippen LogP contribution in [-0.4, -0.2) is 36.8 Å². The highest BCUT2D eigenvalue weighted by Crippen LogP contribution is 2.31. The highest BCUT2D eigenvalue weighted by molar-refractivity contribution is 6.07. The molecule has 5 rings (SSSR count). The first-order valence-electron chi connectivity index (χ1n) is 13.4. The number of carbonyl (C=O) groups excluding carboxylic acids is 2. The minimum absolute atomic E-state index is 0.224. The van der Waals surface area contributed by atoms with E-state index in [1.165, 1.54) is 6.21 Å². The van der Waals surface area contributed by atoms with Crippen molar-refractivity contribution in [2.75, 3.05) is 13.7 Å². The fourth-order valence-electron chi connectivity index (χ4n) is 4.40. The second kappa shape index (κ2) is 13.2. The molecule has 210 valence electrons. The summed E-state index contributed by atoms with van der Waals surface area (Å²) in [5.74, 6) is 0.245. The Morgan fingerprint density at radius 1 is 0.905 bits per heavy atom. The number of rotatable bonds is 10. The van der Waals surface area contributed by atoms with Crippen molar-refractivity contribution >= 4 is 29.0 Å². The van der Waals surface area contributed by atoms with Gasteiger partial charge in [0.05, 0.1) is 42.3 Å². The molecule has 0 bridgehead atoms. The van der Waals surface area contributed by atoms with Gasteiger partial charge in [-0.15, -0.1) is 0 Å². The van der Waals surface area contributed by atoms with Crippen LogP contribution in [0.15, 0.2) is 108 Å². The molecule has 8 heteroatoms. The van der Waals surface area contributed by atoms with E-state index >= 15 is 0 Å². The highest BCUT2D eigenvalue weighted by atomic mass is 16.5. The Kier molecular flexibility index (Phi) is 8.84. The third kappa shape index (κ3) is 6.45. The molecule has 5 aromatic rings. The Morgan fingerprint density at radius 3 is 2.43 bits per heavy atom. The molecular weight excluding hydrogens is 530 g/mol. The first kappa shape index (κ1) is 28.0. The molecule has 0 saturated carbocycles. The molecule has 0 unspecified atom stereocenters. The van der Waals surface area contributed by atoms with E-state index in [1.54, 1.807) is 50.4 Å². The predicted molar refractivity (Wildman–Crippen MR) is 162 cm³/mol. The zero-order valence-corrected chi connectivity index (χ0v) is 23.2. The van der Waals surface area contributed by atoms with Crippen LogP contribution in [0.1, 0.15) is 38.8 Å². The zero-order chi connectivity index (χ0) is 29.3. The number of methoxy groups -OCH3 is 1. The summed E-state index contributed by atoms with van der Waals surface area (Å²) < 4.78 is 16.7. The van der Waals surface area contributed by atoms with E-state index in [2.05, 4.69) is 10.5 Å². The lowest BCUT2D eigenvalue weighted by molar-refractivity contribution is 0.0526. The van der Waals surface area contributed by atoms with Crippen LogP contribution in [0.2, 0.25) is 0 Å². The average molecular weight is 560 g/mol. The van der Waals surface area contributed by atoms with E-state index < -0.39 is 0 Å².